The highest BCUT2D eigenvalue weighted by Gasteiger charge is 2.47. The lowest BCUT2D eigenvalue weighted by Crippen LogP contribution is -2.43. The molecule has 0 radical (unpaired) electrons. The second kappa shape index (κ2) is 6.58. The lowest BCUT2D eigenvalue weighted by Gasteiger charge is -2.24. The summed E-state index contributed by atoms with van der Waals surface area (Å²) in [4.78, 5) is 14.6. The Labute approximate surface area is 133 Å². The van der Waals surface area contributed by atoms with Crippen LogP contribution >= 0.6 is 11.3 Å². The number of hydrogen-bond acceptors (Lipinski definition) is 4. The molecular formula is C15H24N2O2S2. The Kier molecular flexibility index (Phi) is 5.22. The molecule has 0 aliphatic carbocycles. The monoisotopic (exact) mass is 328 g/mol. The van der Waals surface area contributed by atoms with Gasteiger partial charge in [-0.3, -0.25) is 14.3 Å². The Morgan fingerprint density at radius 2 is 2.29 bits per heavy atom. The SMILES string of the molecule is CCC1(C)NC(c2ccsc2)N(CCC(C)S(C)=O)C1=O. The van der Waals surface area contributed by atoms with Crippen LogP contribution in [0.3, 0.4) is 0 Å². The van der Waals surface area contributed by atoms with E-state index in [2.05, 4.69) is 16.8 Å². The second-order valence-electron chi connectivity index (χ2n) is 5.89. The van der Waals surface area contributed by atoms with E-state index in [-0.39, 0.29) is 17.3 Å². The summed E-state index contributed by atoms with van der Waals surface area (Å²) in [5.74, 6) is 0.148. The van der Waals surface area contributed by atoms with Gasteiger partial charge in [0.15, 0.2) is 0 Å². The van der Waals surface area contributed by atoms with Crippen molar-refractivity contribution in [3.05, 3.63) is 22.4 Å². The first-order chi connectivity index (χ1) is 9.89. The van der Waals surface area contributed by atoms with Crippen molar-refractivity contribution in [1.82, 2.24) is 10.2 Å². The summed E-state index contributed by atoms with van der Waals surface area (Å²) in [6.07, 6.45) is 3.18. The summed E-state index contributed by atoms with van der Waals surface area (Å²) in [5, 5.41) is 7.70. The fourth-order valence-electron chi connectivity index (χ4n) is 2.54. The van der Waals surface area contributed by atoms with Crippen molar-refractivity contribution in [3.63, 3.8) is 0 Å². The van der Waals surface area contributed by atoms with Gasteiger partial charge in [-0.15, -0.1) is 0 Å². The minimum atomic E-state index is -0.847. The minimum Gasteiger partial charge on any atom is -0.321 e. The van der Waals surface area contributed by atoms with Gasteiger partial charge in [0.2, 0.25) is 5.91 Å². The number of amides is 1. The first-order valence-electron chi connectivity index (χ1n) is 7.32. The Bertz CT molecular complexity index is 518. The Hall–Kier alpha value is -0.720. The van der Waals surface area contributed by atoms with Gasteiger partial charge in [-0.2, -0.15) is 11.3 Å². The number of rotatable bonds is 6. The second-order valence-corrected chi connectivity index (χ2v) is 8.47. The molecule has 2 rings (SSSR count). The van der Waals surface area contributed by atoms with Gasteiger partial charge in [-0.25, -0.2) is 0 Å². The topological polar surface area (TPSA) is 49.4 Å². The number of thiophene rings is 1. The first-order valence-corrected chi connectivity index (χ1v) is 9.88. The molecule has 1 saturated heterocycles. The number of hydrogen-bond donors (Lipinski definition) is 1. The smallest absolute Gasteiger partial charge is 0.244 e. The maximum Gasteiger partial charge on any atom is 0.244 e. The zero-order valence-corrected chi connectivity index (χ0v) is 14.7. The first kappa shape index (κ1) is 16.6. The maximum atomic E-state index is 12.7. The molecule has 1 aliphatic rings. The van der Waals surface area contributed by atoms with Crippen LogP contribution in [-0.4, -0.2) is 38.6 Å². The van der Waals surface area contributed by atoms with Gasteiger partial charge in [0.1, 0.15) is 6.17 Å². The highest BCUT2D eigenvalue weighted by atomic mass is 32.2. The van der Waals surface area contributed by atoms with E-state index in [1.807, 2.05) is 31.1 Å². The fraction of sp³-hybridized carbons (Fsp3) is 0.667. The molecule has 4 nitrogen and oxygen atoms in total. The molecule has 0 saturated carbocycles. The predicted octanol–water partition coefficient (Wildman–Crippen LogP) is 2.50. The highest BCUT2D eigenvalue weighted by molar-refractivity contribution is 7.84. The van der Waals surface area contributed by atoms with Crippen LogP contribution in [0.1, 0.15) is 45.3 Å². The molecule has 1 fully saturated rings. The molecule has 0 spiro atoms. The summed E-state index contributed by atoms with van der Waals surface area (Å²) in [6.45, 7) is 6.62. The maximum absolute atomic E-state index is 12.7. The molecule has 4 unspecified atom stereocenters. The molecule has 1 aromatic heterocycles. The van der Waals surface area contributed by atoms with Gasteiger partial charge in [0, 0.05) is 28.9 Å². The largest absolute Gasteiger partial charge is 0.321 e. The lowest BCUT2D eigenvalue weighted by molar-refractivity contribution is -0.133. The molecule has 0 bridgehead atoms. The average molecular weight is 329 g/mol. The molecule has 1 aromatic rings. The number of nitrogens with zero attached hydrogens (tertiary/aromatic N) is 1. The number of carbonyl (C=O) groups is 1. The molecule has 21 heavy (non-hydrogen) atoms. The molecule has 0 aromatic carbocycles. The van der Waals surface area contributed by atoms with E-state index in [0.717, 1.165) is 18.4 Å². The van der Waals surface area contributed by atoms with Gasteiger partial charge in [0.25, 0.3) is 0 Å². The van der Waals surface area contributed by atoms with E-state index < -0.39 is 16.3 Å². The van der Waals surface area contributed by atoms with Crippen LogP contribution in [-0.2, 0) is 15.6 Å². The molecule has 118 valence electrons. The molecule has 6 heteroatoms. The van der Waals surface area contributed by atoms with Crippen molar-refractivity contribution < 1.29 is 9.00 Å². The Balaban J connectivity index is 2.18. The summed E-state index contributed by atoms with van der Waals surface area (Å²) in [6, 6.07) is 2.06. The molecule has 1 aliphatic heterocycles. The van der Waals surface area contributed by atoms with E-state index in [0.29, 0.717) is 6.54 Å². The van der Waals surface area contributed by atoms with Crippen LogP contribution in [0.15, 0.2) is 16.8 Å². The fourth-order valence-corrected chi connectivity index (χ4v) is 3.66. The summed E-state index contributed by atoms with van der Waals surface area (Å²) >= 11 is 1.64. The third-order valence-electron chi connectivity index (χ3n) is 4.41. The molecular weight excluding hydrogens is 304 g/mol. The van der Waals surface area contributed by atoms with E-state index >= 15 is 0 Å². The summed E-state index contributed by atoms with van der Waals surface area (Å²) < 4.78 is 11.5. The highest BCUT2D eigenvalue weighted by Crippen LogP contribution is 2.33. The van der Waals surface area contributed by atoms with Gasteiger partial charge >= 0.3 is 0 Å². The van der Waals surface area contributed by atoms with Crippen molar-refractivity contribution in [3.8, 4) is 0 Å². The van der Waals surface area contributed by atoms with Crippen LogP contribution < -0.4 is 5.32 Å². The molecule has 1 amide bonds. The molecule has 4 atom stereocenters. The predicted molar refractivity (Wildman–Crippen MR) is 88.8 cm³/mol. The minimum absolute atomic E-state index is 0.0637. The van der Waals surface area contributed by atoms with Crippen molar-refractivity contribution >= 4 is 28.0 Å². The Morgan fingerprint density at radius 1 is 1.57 bits per heavy atom. The van der Waals surface area contributed by atoms with Crippen LogP contribution in [0.5, 0.6) is 0 Å². The quantitative estimate of drug-likeness (QED) is 0.873. The zero-order chi connectivity index (χ0) is 15.6. The van der Waals surface area contributed by atoms with Crippen LogP contribution in [0.25, 0.3) is 0 Å². The van der Waals surface area contributed by atoms with Gasteiger partial charge in [0.05, 0.1) is 5.54 Å². The van der Waals surface area contributed by atoms with Crippen molar-refractivity contribution in [2.75, 3.05) is 12.8 Å². The van der Waals surface area contributed by atoms with Crippen molar-refractivity contribution in [1.29, 1.82) is 0 Å². The Morgan fingerprint density at radius 3 is 2.81 bits per heavy atom. The zero-order valence-electron chi connectivity index (χ0n) is 13.1. The summed E-state index contributed by atoms with van der Waals surface area (Å²) in [5.41, 5.74) is 0.636. The van der Waals surface area contributed by atoms with Gasteiger partial charge in [-0.05, 0) is 42.2 Å². The third kappa shape index (κ3) is 3.38. The lowest BCUT2D eigenvalue weighted by atomic mass is 9.99. The van der Waals surface area contributed by atoms with E-state index in [9.17, 15) is 9.00 Å². The van der Waals surface area contributed by atoms with Gasteiger partial charge in [-0.1, -0.05) is 13.8 Å². The number of nitrogens with one attached hydrogen (secondary N) is 1. The van der Waals surface area contributed by atoms with Crippen molar-refractivity contribution in [2.24, 2.45) is 0 Å². The van der Waals surface area contributed by atoms with E-state index in [4.69, 9.17) is 0 Å². The van der Waals surface area contributed by atoms with Crippen molar-refractivity contribution in [2.45, 2.75) is 50.6 Å². The normalized spacial score (nSPS) is 28.9. The van der Waals surface area contributed by atoms with Crippen LogP contribution in [0.2, 0.25) is 0 Å². The average Bonchev–Trinajstić information content (AvgIpc) is 3.05. The number of carbonyl (C=O) groups excluding carboxylic acids is 1. The van der Waals surface area contributed by atoms with Crippen LogP contribution in [0, 0.1) is 0 Å². The standard InChI is InChI=1S/C15H24N2O2S2/c1-5-15(3)14(18)17(8-6-11(2)21(4)19)13(16-15)12-7-9-20-10-12/h7,9-11,13,16H,5-6,8H2,1-4H3. The van der Waals surface area contributed by atoms with Gasteiger partial charge < -0.3 is 4.90 Å². The third-order valence-corrected chi connectivity index (χ3v) is 6.48. The molecule has 2 heterocycles. The van der Waals surface area contributed by atoms with E-state index in [1.54, 1.807) is 17.6 Å². The molecule has 1 N–H and O–H groups in total. The van der Waals surface area contributed by atoms with E-state index in [1.165, 1.54) is 0 Å². The van der Waals surface area contributed by atoms with Crippen LogP contribution in [0.4, 0.5) is 0 Å². The summed E-state index contributed by atoms with van der Waals surface area (Å²) in [7, 11) is -0.847.